The normalized spacial score (nSPS) is 29.6. The van der Waals surface area contributed by atoms with Crippen molar-refractivity contribution in [2.45, 2.75) is 52.2 Å². The van der Waals surface area contributed by atoms with Crippen LogP contribution in [0.5, 0.6) is 0 Å². The molecular formula is C16H30N2O. The number of likely N-dealkylation sites (N-methyl/N-ethyl adjacent to an activating group) is 1. The third kappa shape index (κ3) is 4.30. The van der Waals surface area contributed by atoms with Crippen molar-refractivity contribution in [1.82, 2.24) is 10.2 Å². The monoisotopic (exact) mass is 266 g/mol. The molecule has 2 rings (SSSR count). The summed E-state index contributed by atoms with van der Waals surface area (Å²) >= 11 is 0. The largest absolute Gasteiger partial charge is 0.372 e. The molecule has 0 spiro atoms. The van der Waals surface area contributed by atoms with Crippen molar-refractivity contribution in [1.29, 1.82) is 0 Å². The van der Waals surface area contributed by atoms with E-state index in [-0.39, 0.29) is 0 Å². The van der Waals surface area contributed by atoms with E-state index in [0.29, 0.717) is 17.6 Å². The van der Waals surface area contributed by atoms with Gasteiger partial charge in [0.05, 0.1) is 12.2 Å². The standard InChI is InChI=1S/C16H30N2O/c1-16(2,3)13-7-9-18(10-8-13)12-15-6-5-14(19-15)11-17-4/h7,14-15,17H,5-6,8-12H2,1-4H3. The van der Waals surface area contributed by atoms with Gasteiger partial charge in [-0.1, -0.05) is 32.4 Å². The molecule has 0 aromatic carbocycles. The molecule has 1 saturated heterocycles. The molecule has 2 unspecified atom stereocenters. The van der Waals surface area contributed by atoms with E-state index in [1.165, 1.54) is 25.8 Å². The first-order chi connectivity index (χ1) is 8.99. The molecule has 3 heteroatoms. The first-order valence-electron chi connectivity index (χ1n) is 7.71. The molecule has 0 saturated carbocycles. The Labute approximate surface area is 118 Å². The summed E-state index contributed by atoms with van der Waals surface area (Å²) < 4.78 is 6.07. The minimum atomic E-state index is 0.341. The van der Waals surface area contributed by atoms with E-state index in [9.17, 15) is 0 Å². The van der Waals surface area contributed by atoms with Crippen LogP contribution in [0.1, 0.15) is 40.0 Å². The highest BCUT2D eigenvalue weighted by atomic mass is 16.5. The number of hydrogen-bond acceptors (Lipinski definition) is 3. The van der Waals surface area contributed by atoms with E-state index in [1.807, 2.05) is 7.05 Å². The van der Waals surface area contributed by atoms with Gasteiger partial charge in [0.1, 0.15) is 0 Å². The lowest BCUT2D eigenvalue weighted by Crippen LogP contribution is -2.37. The minimum Gasteiger partial charge on any atom is -0.372 e. The molecule has 0 radical (unpaired) electrons. The van der Waals surface area contributed by atoms with Gasteiger partial charge in [-0.2, -0.15) is 0 Å². The lowest BCUT2D eigenvalue weighted by Gasteiger charge is -2.33. The van der Waals surface area contributed by atoms with Gasteiger partial charge in [-0.3, -0.25) is 4.90 Å². The second-order valence-corrected chi connectivity index (χ2v) is 7.00. The van der Waals surface area contributed by atoms with Crippen LogP contribution in [0.25, 0.3) is 0 Å². The lowest BCUT2D eigenvalue weighted by molar-refractivity contribution is 0.0253. The highest BCUT2D eigenvalue weighted by molar-refractivity contribution is 5.14. The van der Waals surface area contributed by atoms with Gasteiger partial charge in [0, 0.05) is 26.2 Å². The van der Waals surface area contributed by atoms with Crippen LogP contribution in [0.15, 0.2) is 11.6 Å². The van der Waals surface area contributed by atoms with Gasteiger partial charge in [-0.15, -0.1) is 0 Å². The zero-order valence-electron chi connectivity index (χ0n) is 13.0. The predicted octanol–water partition coefficient (Wildman–Crippen LogP) is 2.43. The molecule has 2 atom stereocenters. The predicted molar refractivity (Wildman–Crippen MR) is 80.4 cm³/mol. The summed E-state index contributed by atoms with van der Waals surface area (Å²) in [7, 11) is 2.00. The Morgan fingerprint density at radius 2 is 2.05 bits per heavy atom. The topological polar surface area (TPSA) is 24.5 Å². The molecule has 110 valence electrons. The Kier molecular flexibility index (Phi) is 5.04. The molecule has 0 amide bonds. The van der Waals surface area contributed by atoms with Crippen LogP contribution >= 0.6 is 0 Å². The van der Waals surface area contributed by atoms with E-state index < -0.39 is 0 Å². The SMILES string of the molecule is CNCC1CCC(CN2CC=C(C(C)(C)C)CC2)O1. The lowest BCUT2D eigenvalue weighted by atomic mass is 9.83. The summed E-state index contributed by atoms with van der Waals surface area (Å²) in [5, 5.41) is 3.21. The van der Waals surface area contributed by atoms with Crippen molar-refractivity contribution in [3.8, 4) is 0 Å². The van der Waals surface area contributed by atoms with Crippen molar-refractivity contribution >= 4 is 0 Å². The third-order valence-electron chi connectivity index (χ3n) is 4.35. The maximum absolute atomic E-state index is 6.07. The first kappa shape index (κ1) is 15.0. The van der Waals surface area contributed by atoms with Crippen molar-refractivity contribution in [3.05, 3.63) is 11.6 Å². The van der Waals surface area contributed by atoms with Crippen molar-refractivity contribution in [2.75, 3.05) is 33.2 Å². The molecule has 0 aromatic heterocycles. The third-order valence-corrected chi connectivity index (χ3v) is 4.35. The summed E-state index contributed by atoms with van der Waals surface area (Å²) in [6, 6.07) is 0. The van der Waals surface area contributed by atoms with Gasteiger partial charge >= 0.3 is 0 Å². The van der Waals surface area contributed by atoms with Crippen LogP contribution in [-0.4, -0.2) is 50.3 Å². The van der Waals surface area contributed by atoms with E-state index in [0.717, 1.165) is 19.6 Å². The van der Waals surface area contributed by atoms with Gasteiger partial charge < -0.3 is 10.1 Å². The van der Waals surface area contributed by atoms with Gasteiger partial charge in [0.2, 0.25) is 0 Å². The van der Waals surface area contributed by atoms with E-state index in [4.69, 9.17) is 4.74 Å². The molecule has 2 heterocycles. The summed E-state index contributed by atoms with van der Waals surface area (Å²) in [6.07, 6.45) is 6.96. The second-order valence-electron chi connectivity index (χ2n) is 7.00. The molecule has 1 N–H and O–H groups in total. The molecule has 3 nitrogen and oxygen atoms in total. The Morgan fingerprint density at radius 3 is 2.63 bits per heavy atom. The van der Waals surface area contributed by atoms with Crippen LogP contribution < -0.4 is 5.32 Å². The Bertz CT molecular complexity index is 319. The average Bonchev–Trinajstić information content (AvgIpc) is 2.77. The maximum atomic E-state index is 6.07. The molecule has 19 heavy (non-hydrogen) atoms. The van der Waals surface area contributed by atoms with E-state index >= 15 is 0 Å². The van der Waals surface area contributed by atoms with Crippen LogP contribution in [0.2, 0.25) is 0 Å². The Balaban J connectivity index is 1.76. The number of ether oxygens (including phenoxy) is 1. The molecule has 0 aliphatic carbocycles. The molecular weight excluding hydrogens is 236 g/mol. The number of hydrogen-bond donors (Lipinski definition) is 1. The highest BCUT2D eigenvalue weighted by Crippen LogP contribution is 2.30. The minimum absolute atomic E-state index is 0.341. The zero-order valence-corrected chi connectivity index (χ0v) is 13.0. The van der Waals surface area contributed by atoms with Crippen molar-refractivity contribution in [3.63, 3.8) is 0 Å². The highest BCUT2D eigenvalue weighted by Gasteiger charge is 2.28. The second kappa shape index (κ2) is 6.38. The summed E-state index contributed by atoms with van der Waals surface area (Å²) in [5.74, 6) is 0. The number of nitrogens with one attached hydrogen (secondary N) is 1. The fourth-order valence-corrected chi connectivity index (χ4v) is 3.14. The van der Waals surface area contributed by atoms with Crippen LogP contribution in [0.3, 0.4) is 0 Å². The maximum Gasteiger partial charge on any atom is 0.0707 e. The molecule has 0 bridgehead atoms. The molecule has 0 aromatic rings. The van der Waals surface area contributed by atoms with Gasteiger partial charge in [0.25, 0.3) is 0 Å². The van der Waals surface area contributed by atoms with Gasteiger partial charge in [-0.05, 0) is 31.7 Å². The molecule has 1 fully saturated rings. The smallest absolute Gasteiger partial charge is 0.0707 e. The summed E-state index contributed by atoms with van der Waals surface area (Å²) in [5.41, 5.74) is 1.96. The number of rotatable bonds is 4. The van der Waals surface area contributed by atoms with Crippen molar-refractivity contribution < 1.29 is 4.74 Å². The van der Waals surface area contributed by atoms with Crippen molar-refractivity contribution in [2.24, 2.45) is 5.41 Å². The summed E-state index contributed by atoms with van der Waals surface area (Å²) in [6.45, 7) is 11.3. The average molecular weight is 266 g/mol. The van der Waals surface area contributed by atoms with Crippen LogP contribution in [-0.2, 0) is 4.74 Å². The number of nitrogens with zero attached hydrogens (tertiary/aromatic N) is 1. The first-order valence-corrected chi connectivity index (χ1v) is 7.71. The van der Waals surface area contributed by atoms with Gasteiger partial charge in [0.15, 0.2) is 0 Å². The molecule has 2 aliphatic heterocycles. The quantitative estimate of drug-likeness (QED) is 0.791. The fourth-order valence-electron chi connectivity index (χ4n) is 3.14. The van der Waals surface area contributed by atoms with Gasteiger partial charge in [-0.25, -0.2) is 0 Å². The van der Waals surface area contributed by atoms with E-state index in [2.05, 4.69) is 37.1 Å². The summed E-state index contributed by atoms with van der Waals surface area (Å²) in [4.78, 5) is 2.54. The Hall–Kier alpha value is -0.380. The van der Waals surface area contributed by atoms with Crippen LogP contribution in [0, 0.1) is 5.41 Å². The zero-order chi connectivity index (χ0) is 13.9. The fraction of sp³-hybridized carbons (Fsp3) is 0.875. The molecule has 2 aliphatic rings. The Morgan fingerprint density at radius 1 is 1.32 bits per heavy atom. The van der Waals surface area contributed by atoms with E-state index in [1.54, 1.807) is 5.57 Å². The van der Waals surface area contributed by atoms with Crippen LogP contribution in [0.4, 0.5) is 0 Å².